The quantitative estimate of drug-likeness (QED) is 0.636. The van der Waals surface area contributed by atoms with Crippen molar-refractivity contribution in [2.75, 3.05) is 23.0 Å². The van der Waals surface area contributed by atoms with Crippen LogP contribution in [0.15, 0.2) is 18.2 Å². The molecule has 2 rings (SSSR count). The fourth-order valence-electron chi connectivity index (χ4n) is 2.33. The minimum Gasteiger partial charge on any atom is -0.384 e. The second-order valence-electron chi connectivity index (χ2n) is 4.73. The topological polar surface area (TPSA) is 87.2 Å². The van der Waals surface area contributed by atoms with Crippen LogP contribution in [0.25, 0.3) is 0 Å². The van der Waals surface area contributed by atoms with Crippen molar-refractivity contribution in [3.05, 3.63) is 28.8 Å². The molecule has 5 nitrogen and oxygen atoms in total. The molecule has 1 fully saturated rings. The number of hydrogen-bond donors (Lipinski definition) is 2. The first-order valence-corrected chi connectivity index (χ1v) is 8.11. The molecule has 7 heteroatoms. The van der Waals surface area contributed by atoms with E-state index in [1.54, 1.807) is 18.2 Å². The smallest absolute Gasteiger partial charge is 0.154 e. The summed E-state index contributed by atoms with van der Waals surface area (Å²) < 4.78 is 23.2. The predicted octanol–water partition coefficient (Wildman–Crippen LogP) is 1.25. The van der Waals surface area contributed by atoms with Gasteiger partial charge in [-0.1, -0.05) is 11.6 Å². The summed E-state index contributed by atoms with van der Waals surface area (Å²) in [5, 5.41) is 8.14. The van der Waals surface area contributed by atoms with Crippen LogP contribution in [-0.2, 0) is 9.84 Å². The van der Waals surface area contributed by atoms with E-state index in [1.165, 1.54) is 0 Å². The lowest BCUT2D eigenvalue weighted by Crippen LogP contribution is -2.47. The summed E-state index contributed by atoms with van der Waals surface area (Å²) in [5.74, 6) is 0.171. The number of nitrogen functional groups attached to an aromatic ring is 1. The molecule has 1 aliphatic rings. The van der Waals surface area contributed by atoms with E-state index in [0.717, 1.165) is 5.69 Å². The van der Waals surface area contributed by atoms with Gasteiger partial charge < -0.3 is 10.6 Å². The van der Waals surface area contributed by atoms with Gasteiger partial charge in [-0.2, -0.15) is 0 Å². The highest BCUT2D eigenvalue weighted by Crippen LogP contribution is 2.28. The van der Waals surface area contributed by atoms with E-state index in [0.29, 0.717) is 17.1 Å². The molecule has 3 N–H and O–H groups in total. The van der Waals surface area contributed by atoms with E-state index in [4.69, 9.17) is 22.7 Å². The number of nitrogens with zero attached hydrogens (tertiary/aromatic N) is 1. The molecule has 1 atom stereocenters. The predicted molar refractivity (Wildman–Crippen MR) is 77.9 cm³/mol. The number of nitrogens with two attached hydrogens (primary N) is 1. The zero-order valence-electron chi connectivity index (χ0n) is 10.6. The van der Waals surface area contributed by atoms with Crippen LogP contribution in [0.3, 0.4) is 0 Å². The molecular formula is C12H16ClN3O2S. The van der Waals surface area contributed by atoms with Crippen molar-refractivity contribution < 1.29 is 8.42 Å². The molecule has 19 heavy (non-hydrogen) atoms. The molecule has 1 aliphatic heterocycles. The van der Waals surface area contributed by atoms with E-state index >= 15 is 0 Å². The van der Waals surface area contributed by atoms with Gasteiger partial charge in [0.1, 0.15) is 5.84 Å². The van der Waals surface area contributed by atoms with Crippen LogP contribution in [0, 0.1) is 5.41 Å². The van der Waals surface area contributed by atoms with E-state index in [1.807, 2.05) is 11.8 Å². The number of rotatable bonds is 2. The van der Waals surface area contributed by atoms with Gasteiger partial charge in [0.25, 0.3) is 0 Å². The van der Waals surface area contributed by atoms with Crippen molar-refractivity contribution in [1.29, 1.82) is 5.41 Å². The van der Waals surface area contributed by atoms with E-state index in [2.05, 4.69) is 0 Å². The number of sulfone groups is 1. The molecule has 0 spiro atoms. The van der Waals surface area contributed by atoms with E-state index in [9.17, 15) is 8.42 Å². The third kappa shape index (κ3) is 3.01. The van der Waals surface area contributed by atoms with Crippen LogP contribution < -0.4 is 10.6 Å². The first-order chi connectivity index (χ1) is 8.80. The van der Waals surface area contributed by atoms with Gasteiger partial charge in [0.05, 0.1) is 11.5 Å². The van der Waals surface area contributed by atoms with Gasteiger partial charge in [0.2, 0.25) is 0 Å². The van der Waals surface area contributed by atoms with Crippen molar-refractivity contribution in [2.45, 2.75) is 13.0 Å². The first-order valence-electron chi connectivity index (χ1n) is 5.91. The minimum absolute atomic E-state index is 0.0488. The Hall–Kier alpha value is -1.27. The van der Waals surface area contributed by atoms with Gasteiger partial charge in [-0.3, -0.25) is 5.41 Å². The summed E-state index contributed by atoms with van der Waals surface area (Å²) in [4.78, 5) is 1.95. The lowest BCUT2D eigenvalue weighted by molar-refractivity contribution is 0.568. The Morgan fingerprint density at radius 3 is 2.79 bits per heavy atom. The first kappa shape index (κ1) is 14.1. The number of nitrogens with one attached hydrogen (secondary N) is 1. The van der Waals surface area contributed by atoms with Crippen LogP contribution >= 0.6 is 11.6 Å². The summed E-state index contributed by atoms with van der Waals surface area (Å²) in [6.07, 6.45) is 0. The Kier molecular flexibility index (Phi) is 3.73. The zero-order valence-corrected chi connectivity index (χ0v) is 12.1. The largest absolute Gasteiger partial charge is 0.384 e. The van der Waals surface area contributed by atoms with E-state index < -0.39 is 9.84 Å². The highest BCUT2D eigenvalue weighted by Gasteiger charge is 2.29. The Morgan fingerprint density at radius 2 is 2.21 bits per heavy atom. The average Bonchev–Trinajstić information content (AvgIpc) is 2.27. The molecule has 0 aliphatic carbocycles. The second kappa shape index (κ2) is 5.02. The maximum atomic E-state index is 11.6. The molecule has 1 aromatic carbocycles. The molecular weight excluding hydrogens is 286 g/mol. The third-order valence-electron chi connectivity index (χ3n) is 3.23. The number of amidine groups is 1. The summed E-state index contributed by atoms with van der Waals surface area (Å²) in [5.41, 5.74) is 6.87. The van der Waals surface area contributed by atoms with Crippen LogP contribution in [0.5, 0.6) is 0 Å². The molecule has 1 unspecified atom stereocenters. The minimum atomic E-state index is -2.98. The number of hydrogen-bond acceptors (Lipinski definition) is 4. The molecule has 0 aromatic heterocycles. The number of anilines is 1. The number of halogens is 1. The van der Waals surface area contributed by atoms with Gasteiger partial charge in [-0.15, -0.1) is 0 Å². The Balaban J connectivity index is 2.42. The van der Waals surface area contributed by atoms with Crippen molar-refractivity contribution in [1.82, 2.24) is 0 Å². The summed E-state index contributed by atoms with van der Waals surface area (Å²) in [6, 6.07) is 4.94. The van der Waals surface area contributed by atoms with Crippen molar-refractivity contribution >= 4 is 33.0 Å². The molecule has 1 heterocycles. The van der Waals surface area contributed by atoms with Gasteiger partial charge in [0.15, 0.2) is 9.84 Å². The molecule has 0 radical (unpaired) electrons. The number of benzene rings is 1. The normalized spacial score (nSPS) is 22.2. The molecule has 0 saturated carbocycles. The highest BCUT2D eigenvalue weighted by atomic mass is 35.5. The molecule has 0 amide bonds. The summed E-state index contributed by atoms with van der Waals surface area (Å²) >= 11 is 5.99. The monoisotopic (exact) mass is 301 g/mol. The van der Waals surface area contributed by atoms with Crippen molar-refractivity contribution in [2.24, 2.45) is 5.73 Å². The highest BCUT2D eigenvalue weighted by molar-refractivity contribution is 7.91. The Morgan fingerprint density at radius 1 is 1.53 bits per heavy atom. The zero-order chi connectivity index (χ0) is 14.2. The van der Waals surface area contributed by atoms with Gasteiger partial charge in [0, 0.05) is 28.9 Å². The second-order valence-corrected chi connectivity index (χ2v) is 7.40. The maximum absolute atomic E-state index is 11.6. The molecule has 1 saturated heterocycles. The van der Waals surface area contributed by atoms with Gasteiger partial charge in [-0.25, -0.2) is 8.42 Å². The fraction of sp³-hybridized carbons (Fsp3) is 0.417. The summed E-state index contributed by atoms with van der Waals surface area (Å²) in [6.45, 7) is 2.24. The van der Waals surface area contributed by atoms with Crippen LogP contribution in [0.2, 0.25) is 5.02 Å². The van der Waals surface area contributed by atoms with Gasteiger partial charge in [-0.05, 0) is 25.1 Å². The van der Waals surface area contributed by atoms with Crippen molar-refractivity contribution in [3.63, 3.8) is 0 Å². The maximum Gasteiger partial charge on any atom is 0.154 e. The standard InChI is InChI=1S/C12H16ClN3O2S/c1-8-7-19(17,18)5-4-16(8)11-6-9(13)2-3-10(11)12(14)15/h2-3,6,8H,4-5,7H2,1H3,(H3,14,15). The van der Waals surface area contributed by atoms with Crippen molar-refractivity contribution in [3.8, 4) is 0 Å². The third-order valence-corrected chi connectivity index (χ3v) is 5.26. The molecule has 104 valence electrons. The Labute approximate surface area is 117 Å². The molecule has 0 bridgehead atoms. The summed E-state index contributed by atoms with van der Waals surface area (Å²) in [7, 11) is -2.98. The molecule has 1 aromatic rings. The average molecular weight is 302 g/mol. The van der Waals surface area contributed by atoms with Gasteiger partial charge >= 0.3 is 0 Å². The van der Waals surface area contributed by atoms with Crippen LogP contribution in [0.1, 0.15) is 12.5 Å². The van der Waals surface area contributed by atoms with Crippen LogP contribution in [0.4, 0.5) is 5.69 Å². The lowest BCUT2D eigenvalue weighted by atomic mass is 10.1. The van der Waals surface area contributed by atoms with E-state index in [-0.39, 0.29) is 23.4 Å². The fourth-order valence-corrected chi connectivity index (χ4v) is 4.05. The lowest BCUT2D eigenvalue weighted by Gasteiger charge is -2.36. The SMILES string of the molecule is CC1CS(=O)(=O)CCN1c1cc(Cl)ccc1C(=N)N. The van der Waals surface area contributed by atoms with Crippen LogP contribution in [-0.4, -0.2) is 38.3 Å². The Bertz CT molecular complexity index is 615.